The second-order valence-corrected chi connectivity index (χ2v) is 12.3. The SMILES string of the molecule is [2H]c1ccccc1-c1nc(-n2c3ccc4ccccc4c3c3c4ccccc4c4c5ccccc5sc4c32)nc2ccccc12. The average molecular weight is 579 g/mol. The van der Waals surface area contributed by atoms with Gasteiger partial charge in [-0.1, -0.05) is 121 Å². The highest BCUT2D eigenvalue weighted by atomic mass is 32.1. The van der Waals surface area contributed by atoms with Crippen LogP contribution >= 0.6 is 11.3 Å². The van der Waals surface area contributed by atoms with Crippen LogP contribution in [0.5, 0.6) is 0 Å². The molecule has 0 aliphatic rings. The van der Waals surface area contributed by atoms with Gasteiger partial charge in [-0.2, -0.15) is 0 Å². The molecule has 7 aromatic carbocycles. The van der Waals surface area contributed by atoms with Crippen molar-refractivity contribution in [1.29, 1.82) is 0 Å². The summed E-state index contributed by atoms with van der Waals surface area (Å²) in [5, 5.41) is 10.8. The minimum atomic E-state index is 0.443. The third-order valence-corrected chi connectivity index (χ3v) is 10.1. The van der Waals surface area contributed by atoms with Crippen molar-refractivity contribution >= 4 is 85.8 Å². The molecule has 0 unspecified atom stereocenters. The van der Waals surface area contributed by atoms with Gasteiger partial charge in [0, 0.05) is 37.2 Å². The van der Waals surface area contributed by atoms with E-state index in [2.05, 4.69) is 95.6 Å². The molecule has 0 spiro atoms. The number of aromatic nitrogens is 3. The highest BCUT2D eigenvalue weighted by molar-refractivity contribution is 7.27. The summed E-state index contributed by atoms with van der Waals surface area (Å²) in [6.07, 6.45) is 0. The number of benzene rings is 7. The molecule has 0 saturated carbocycles. The smallest absolute Gasteiger partial charge is 0.235 e. The number of rotatable bonds is 2. The zero-order valence-corrected chi connectivity index (χ0v) is 24.3. The van der Waals surface area contributed by atoms with E-state index in [1.54, 1.807) is 0 Å². The predicted molar refractivity (Wildman–Crippen MR) is 187 cm³/mol. The zero-order chi connectivity index (χ0) is 29.6. The van der Waals surface area contributed by atoms with Crippen LogP contribution in [0.3, 0.4) is 0 Å². The quantitative estimate of drug-likeness (QED) is 0.204. The first-order chi connectivity index (χ1) is 22.3. The molecule has 3 nitrogen and oxygen atoms in total. The number of fused-ring (bicyclic) bond motifs is 13. The van der Waals surface area contributed by atoms with Gasteiger partial charge in [-0.15, -0.1) is 11.3 Å². The highest BCUT2D eigenvalue weighted by Crippen LogP contribution is 2.49. The maximum absolute atomic E-state index is 8.78. The Balaban J connectivity index is 1.49. The van der Waals surface area contributed by atoms with Crippen molar-refractivity contribution in [3.63, 3.8) is 0 Å². The summed E-state index contributed by atoms with van der Waals surface area (Å²) in [6, 6.07) is 46.9. The number of hydrogen-bond acceptors (Lipinski definition) is 3. The summed E-state index contributed by atoms with van der Waals surface area (Å²) >= 11 is 1.84. The molecule has 10 aromatic rings. The van der Waals surface area contributed by atoms with Gasteiger partial charge in [0.2, 0.25) is 5.95 Å². The Labute approximate surface area is 257 Å². The molecule has 44 heavy (non-hydrogen) atoms. The third-order valence-electron chi connectivity index (χ3n) is 8.89. The van der Waals surface area contributed by atoms with E-state index in [0.717, 1.165) is 33.2 Å². The molecule has 0 aliphatic heterocycles. The van der Waals surface area contributed by atoms with Crippen LogP contribution in [0.15, 0.2) is 140 Å². The largest absolute Gasteiger partial charge is 0.276 e. The molecule has 0 radical (unpaired) electrons. The lowest BCUT2D eigenvalue weighted by Crippen LogP contribution is -2.03. The molecule has 0 aliphatic carbocycles. The molecule has 10 rings (SSSR count). The minimum absolute atomic E-state index is 0.443. The zero-order valence-electron chi connectivity index (χ0n) is 24.5. The summed E-state index contributed by atoms with van der Waals surface area (Å²) in [7, 11) is 0. The van der Waals surface area contributed by atoms with E-state index in [4.69, 9.17) is 11.3 Å². The van der Waals surface area contributed by atoms with Gasteiger partial charge in [0.1, 0.15) is 0 Å². The molecule has 0 atom stereocenters. The molecule has 0 amide bonds. The topological polar surface area (TPSA) is 30.7 Å². The first-order valence-electron chi connectivity index (χ1n) is 15.3. The minimum Gasteiger partial charge on any atom is -0.276 e. The van der Waals surface area contributed by atoms with E-state index in [9.17, 15) is 0 Å². The van der Waals surface area contributed by atoms with Crippen LogP contribution in [0.25, 0.3) is 91.6 Å². The lowest BCUT2D eigenvalue weighted by Gasteiger charge is -2.12. The Kier molecular flexibility index (Phi) is 4.67. The number of hydrogen-bond donors (Lipinski definition) is 0. The van der Waals surface area contributed by atoms with E-state index in [0.29, 0.717) is 12.0 Å². The van der Waals surface area contributed by atoms with Crippen molar-refractivity contribution in [3.8, 4) is 17.2 Å². The first kappa shape index (κ1) is 22.9. The van der Waals surface area contributed by atoms with E-state index in [1.807, 2.05) is 53.8 Å². The van der Waals surface area contributed by atoms with Crippen LogP contribution in [0.1, 0.15) is 1.37 Å². The Morgan fingerprint density at radius 2 is 1.25 bits per heavy atom. The fourth-order valence-corrected chi connectivity index (χ4v) is 8.31. The number of thiophene rings is 1. The van der Waals surface area contributed by atoms with Gasteiger partial charge in [-0.25, -0.2) is 9.97 Å². The maximum atomic E-state index is 8.78. The van der Waals surface area contributed by atoms with Crippen molar-refractivity contribution in [3.05, 3.63) is 140 Å². The van der Waals surface area contributed by atoms with Gasteiger partial charge in [-0.05, 0) is 39.7 Å². The van der Waals surface area contributed by atoms with Gasteiger partial charge in [-0.3, -0.25) is 4.57 Å². The van der Waals surface area contributed by atoms with Crippen molar-refractivity contribution in [2.24, 2.45) is 0 Å². The van der Waals surface area contributed by atoms with E-state index in [1.165, 1.54) is 52.5 Å². The molecule has 0 N–H and O–H groups in total. The van der Waals surface area contributed by atoms with Crippen LogP contribution in [0.2, 0.25) is 0 Å². The predicted octanol–water partition coefficient (Wildman–Crippen LogP) is 11.1. The van der Waals surface area contributed by atoms with Crippen LogP contribution in [0, 0.1) is 0 Å². The van der Waals surface area contributed by atoms with Gasteiger partial charge < -0.3 is 0 Å². The van der Waals surface area contributed by atoms with Crippen molar-refractivity contribution in [2.75, 3.05) is 0 Å². The van der Waals surface area contributed by atoms with Crippen LogP contribution in [-0.4, -0.2) is 14.5 Å². The number of para-hydroxylation sites is 1. The van der Waals surface area contributed by atoms with Crippen molar-refractivity contribution in [2.45, 2.75) is 0 Å². The fourth-order valence-electron chi connectivity index (χ4n) is 7.05. The van der Waals surface area contributed by atoms with Crippen LogP contribution in [0.4, 0.5) is 0 Å². The molecule has 0 saturated heterocycles. The summed E-state index contributed by atoms with van der Waals surface area (Å²) in [6.45, 7) is 0. The van der Waals surface area contributed by atoms with Crippen molar-refractivity contribution in [1.82, 2.24) is 14.5 Å². The van der Waals surface area contributed by atoms with E-state index >= 15 is 0 Å². The van der Waals surface area contributed by atoms with Crippen LogP contribution < -0.4 is 0 Å². The first-order valence-corrected chi connectivity index (χ1v) is 15.6. The highest BCUT2D eigenvalue weighted by Gasteiger charge is 2.24. The third kappa shape index (κ3) is 3.20. The summed E-state index contributed by atoms with van der Waals surface area (Å²) in [5.74, 6) is 0.608. The van der Waals surface area contributed by atoms with Gasteiger partial charge in [0.15, 0.2) is 0 Å². The molecule has 0 fully saturated rings. The lowest BCUT2D eigenvalue weighted by atomic mass is 9.97. The molecule has 4 heteroatoms. The Hall–Kier alpha value is -5.58. The lowest BCUT2D eigenvalue weighted by molar-refractivity contribution is 1.02. The Morgan fingerprint density at radius 3 is 2.11 bits per heavy atom. The molecule has 0 bridgehead atoms. The molecule has 3 heterocycles. The average Bonchev–Trinajstić information content (AvgIpc) is 3.65. The fraction of sp³-hybridized carbons (Fsp3) is 0. The molecule has 3 aromatic heterocycles. The maximum Gasteiger partial charge on any atom is 0.235 e. The molecular formula is C40H23N3S. The van der Waals surface area contributed by atoms with Crippen molar-refractivity contribution < 1.29 is 1.37 Å². The van der Waals surface area contributed by atoms with Gasteiger partial charge in [0.05, 0.1) is 28.3 Å². The van der Waals surface area contributed by atoms with E-state index < -0.39 is 0 Å². The van der Waals surface area contributed by atoms with Crippen LogP contribution in [-0.2, 0) is 0 Å². The second kappa shape index (κ2) is 8.96. The Bertz CT molecular complexity index is 2850. The summed E-state index contributed by atoms with van der Waals surface area (Å²) in [4.78, 5) is 10.6. The monoisotopic (exact) mass is 578 g/mol. The Morgan fingerprint density at radius 1 is 0.545 bits per heavy atom. The summed E-state index contributed by atoms with van der Waals surface area (Å²) in [5.41, 5.74) is 4.60. The van der Waals surface area contributed by atoms with Gasteiger partial charge in [0.25, 0.3) is 0 Å². The van der Waals surface area contributed by atoms with Gasteiger partial charge >= 0.3 is 0 Å². The second-order valence-electron chi connectivity index (χ2n) is 11.3. The molecule has 204 valence electrons. The molecular weight excluding hydrogens is 555 g/mol. The summed E-state index contributed by atoms with van der Waals surface area (Å²) < 4.78 is 13.5. The van der Waals surface area contributed by atoms with E-state index in [-0.39, 0.29) is 0 Å². The normalized spacial score (nSPS) is 12.4. The number of nitrogens with zero attached hydrogens (tertiary/aromatic N) is 3. The standard InChI is InChI=1S/C40H23N3S/c1-2-13-25(14-3-1)37-29-18-8-10-20-31(29)41-40(42-37)43-32-23-22-24-12-4-5-15-26(24)35(32)36-28-17-7-6-16-27(28)34-30-19-9-11-21-33(30)44-39(34)38(36)43/h1-23H/i13D.